The molecule has 0 aliphatic carbocycles. The zero-order valence-electron chi connectivity index (χ0n) is 20.6. The second kappa shape index (κ2) is 10.8. The number of rotatable bonds is 7. The van der Waals surface area contributed by atoms with Crippen molar-refractivity contribution < 1.29 is 35.9 Å². The Kier molecular flexibility index (Phi) is 7.87. The molecule has 0 radical (unpaired) electrons. The first-order valence-electron chi connectivity index (χ1n) is 12.2. The zero-order chi connectivity index (χ0) is 27.7. The number of nitrogens with one attached hydrogen (secondary N) is 1. The number of hydrogen-bond donors (Lipinski definition) is 1. The van der Waals surface area contributed by atoms with Crippen molar-refractivity contribution in [3.63, 3.8) is 0 Å². The molecule has 2 aromatic carbocycles. The Morgan fingerprint density at radius 1 is 0.974 bits per heavy atom. The van der Waals surface area contributed by atoms with Crippen LogP contribution in [-0.4, -0.2) is 58.7 Å². The highest BCUT2D eigenvalue weighted by Gasteiger charge is 2.39. The summed E-state index contributed by atoms with van der Waals surface area (Å²) in [6, 6.07) is 8.00. The molecule has 3 aromatic rings. The molecule has 0 bridgehead atoms. The number of halogens is 6. The van der Waals surface area contributed by atoms with Gasteiger partial charge in [-0.15, -0.1) is 0 Å². The predicted octanol–water partition coefficient (Wildman–Crippen LogP) is 5.94. The topological polar surface area (TPSA) is 56.4 Å². The maximum Gasteiger partial charge on any atom is 0.416 e. The molecule has 2 heterocycles. The largest absolute Gasteiger partial charge is 0.416 e. The van der Waals surface area contributed by atoms with Gasteiger partial charge in [0.25, 0.3) is 5.91 Å². The summed E-state index contributed by atoms with van der Waals surface area (Å²) in [4.78, 5) is 31.4. The summed E-state index contributed by atoms with van der Waals surface area (Å²) in [7, 11) is 0. The van der Waals surface area contributed by atoms with E-state index in [0.29, 0.717) is 51.0 Å². The number of Topliss-reactive ketones (excluding diaryl/α,β-unsaturated/α-hetero) is 1. The molecule has 1 aliphatic rings. The molecule has 1 atom stereocenters. The van der Waals surface area contributed by atoms with Crippen molar-refractivity contribution in [1.82, 2.24) is 14.8 Å². The molecule has 1 aliphatic heterocycles. The lowest BCUT2D eigenvalue weighted by atomic mass is 9.98. The average molecular weight is 540 g/mol. The number of carbonyl (C=O) groups excluding carboxylic acids is 2. The second-order valence-corrected chi connectivity index (χ2v) is 9.62. The molecule has 1 amide bonds. The van der Waals surface area contributed by atoms with Crippen LogP contribution in [0.2, 0.25) is 0 Å². The molecule has 204 valence electrons. The van der Waals surface area contributed by atoms with Crippen LogP contribution >= 0.6 is 0 Å². The van der Waals surface area contributed by atoms with E-state index in [1.54, 1.807) is 6.20 Å². The number of aromatic amines is 1. The minimum Gasteiger partial charge on any atom is -0.361 e. The standard InChI is InChI=1S/C27H27F6N3O2/c1-17(37)5-4-8-35-9-10-36(22(16-35)13-19-15-34-24-7-3-2-6-23(19)24)25(38)18-11-20(26(28,29)30)14-21(12-18)27(31,32)33/h2-3,6-7,11-12,14-15,22,34H,4-5,8-10,13,16H2,1H3/t22-/m1/s1. The van der Waals surface area contributed by atoms with Crippen LogP contribution in [0.15, 0.2) is 48.7 Å². The summed E-state index contributed by atoms with van der Waals surface area (Å²) in [6.07, 6.45) is -6.93. The van der Waals surface area contributed by atoms with E-state index in [4.69, 9.17) is 0 Å². The SMILES string of the molecule is CC(=O)CCCN1CCN(C(=O)c2cc(C(F)(F)F)cc(C(F)(F)F)c2)[C@H](Cc2c[nH]c3ccccc23)C1. The van der Waals surface area contributed by atoms with Crippen LogP contribution in [0.3, 0.4) is 0 Å². The van der Waals surface area contributed by atoms with Gasteiger partial charge in [-0.05, 0) is 56.1 Å². The van der Waals surface area contributed by atoms with E-state index in [9.17, 15) is 35.9 Å². The van der Waals surface area contributed by atoms with Crippen molar-refractivity contribution in [3.8, 4) is 0 Å². The van der Waals surface area contributed by atoms with Crippen LogP contribution in [-0.2, 0) is 23.6 Å². The highest BCUT2D eigenvalue weighted by atomic mass is 19.4. The van der Waals surface area contributed by atoms with Crippen molar-refractivity contribution in [1.29, 1.82) is 0 Å². The number of ketones is 1. The number of nitrogens with zero attached hydrogens (tertiary/aromatic N) is 2. The lowest BCUT2D eigenvalue weighted by molar-refractivity contribution is -0.143. The lowest BCUT2D eigenvalue weighted by Gasteiger charge is -2.42. The first-order valence-corrected chi connectivity index (χ1v) is 12.2. The molecule has 1 aromatic heterocycles. The first-order chi connectivity index (χ1) is 17.8. The molecule has 0 spiro atoms. The maximum absolute atomic E-state index is 13.5. The van der Waals surface area contributed by atoms with Crippen LogP contribution in [0, 0.1) is 0 Å². The van der Waals surface area contributed by atoms with Gasteiger partial charge in [0.1, 0.15) is 5.78 Å². The molecular weight excluding hydrogens is 512 g/mol. The molecule has 0 saturated carbocycles. The molecule has 1 N–H and O–H groups in total. The van der Waals surface area contributed by atoms with Crippen molar-refractivity contribution in [3.05, 3.63) is 70.9 Å². The molecular formula is C27H27F6N3O2. The van der Waals surface area contributed by atoms with Crippen molar-refractivity contribution in [2.24, 2.45) is 0 Å². The van der Waals surface area contributed by atoms with Gasteiger partial charge in [-0.25, -0.2) is 0 Å². The van der Waals surface area contributed by atoms with E-state index in [1.165, 1.54) is 11.8 Å². The fourth-order valence-electron chi connectivity index (χ4n) is 4.91. The van der Waals surface area contributed by atoms with Gasteiger partial charge in [0.2, 0.25) is 0 Å². The second-order valence-electron chi connectivity index (χ2n) is 9.62. The number of benzene rings is 2. The van der Waals surface area contributed by atoms with Gasteiger partial charge in [-0.2, -0.15) is 26.3 Å². The average Bonchev–Trinajstić information content (AvgIpc) is 3.25. The van der Waals surface area contributed by atoms with Gasteiger partial charge < -0.3 is 14.7 Å². The van der Waals surface area contributed by atoms with E-state index in [2.05, 4.69) is 9.88 Å². The molecule has 5 nitrogen and oxygen atoms in total. The Hall–Kier alpha value is -3.34. The van der Waals surface area contributed by atoms with Gasteiger partial charge in [0.05, 0.1) is 11.1 Å². The third-order valence-corrected chi connectivity index (χ3v) is 6.80. The molecule has 38 heavy (non-hydrogen) atoms. The fourth-order valence-corrected chi connectivity index (χ4v) is 4.91. The van der Waals surface area contributed by atoms with E-state index < -0.39 is 41.0 Å². The molecule has 11 heteroatoms. The van der Waals surface area contributed by atoms with Crippen LogP contribution in [0.25, 0.3) is 10.9 Å². The maximum atomic E-state index is 13.5. The summed E-state index contributed by atoms with van der Waals surface area (Å²) < 4.78 is 80.5. The van der Waals surface area contributed by atoms with Crippen molar-refractivity contribution in [2.75, 3.05) is 26.2 Å². The predicted molar refractivity (Wildman–Crippen MR) is 130 cm³/mol. The van der Waals surface area contributed by atoms with E-state index >= 15 is 0 Å². The minimum atomic E-state index is -5.05. The Labute approximate surface area is 215 Å². The highest BCUT2D eigenvalue weighted by molar-refractivity contribution is 5.95. The molecule has 1 fully saturated rings. The minimum absolute atomic E-state index is 0.0210. The van der Waals surface area contributed by atoms with Gasteiger partial charge in [0.15, 0.2) is 0 Å². The third-order valence-electron chi connectivity index (χ3n) is 6.80. The Morgan fingerprint density at radius 3 is 2.26 bits per heavy atom. The van der Waals surface area contributed by atoms with Gasteiger partial charge in [-0.3, -0.25) is 9.69 Å². The monoisotopic (exact) mass is 539 g/mol. The molecule has 4 rings (SSSR count). The Morgan fingerprint density at radius 2 is 1.63 bits per heavy atom. The number of para-hydroxylation sites is 1. The summed E-state index contributed by atoms with van der Waals surface area (Å²) in [6.45, 7) is 2.98. The number of hydrogen-bond acceptors (Lipinski definition) is 3. The number of carbonyl (C=O) groups is 2. The van der Waals surface area contributed by atoms with E-state index in [-0.39, 0.29) is 18.4 Å². The van der Waals surface area contributed by atoms with E-state index in [1.807, 2.05) is 24.3 Å². The van der Waals surface area contributed by atoms with E-state index in [0.717, 1.165) is 16.5 Å². The Balaban J connectivity index is 1.66. The van der Waals surface area contributed by atoms with Crippen LogP contribution in [0.1, 0.15) is 46.8 Å². The Bertz CT molecular complexity index is 1280. The highest BCUT2D eigenvalue weighted by Crippen LogP contribution is 2.37. The fraction of sp³-hybridized carbons (Fsp3) is 0.407. The van der Waals surface area contributed by atoms with Gasteiger partial charge in [-0.1, -0.05) is 18.2 Å². The van der Waals surface area contributed by atoms with Crippen LogP contribution < -0.4 is 0 Å². The van der Waals surface area contributed by atoms with Gasteiger partial charge >= 0.3 is 12.4 Å². The first kappa shape index (κ1) is 27.7. The lowest BCUT2D eigenvalue weighted by Crippen LogP contribution is -2.56. The third kappa shape index (κ3) is 6.38. The van der Waals surface area contributed by atoms with Crippen LogP contribution in [0.5, 0.6) is 0 Å². The molecule has 0 unspecified atom stereocenters. The summed E-state index contributed by atoms with van der Waals surface area (Å²) >= 11 is 0. The van der Waals surface area contributed by atoms with Crippen molar-refractivity contribution >= 4 is 22.6 Å². The number of H-pyrrole nitrogens is 1. The number of aromatic nitrogens is 1. The van der Waals surface area contributed by atoms with Gasteiger partial charge in [0, 0.05) is 54.8 Å². The zero-order valence-corrected chi connectivity index (χ0v) is 20.6. The normalized spacial score (nSPS) is 17.2. The summed E-state index contributed by atoms with van der Waals surface area (Å²) in [5, 5.41) is 0.923. The number of fused-ring (bicyclic) bond motifs is 1. The smallest absolute Gasteiger partial charge is 0.361 e. The number of amides is 1. The van der Waals surface area contributed by atoms with Crippen LogP contribution in [0.4, 0.5) is 26.3 Å². The number of piperazine rings is 1. The van der Waals surface area contributed by atoms with Crippen molar-refractivity contribution in [2.45, 2.75) is 44.6 Å². The number of alkyl halides is 6. The summed E-state index contributed by atoms with van der Waals surface area (Å²) in [5.74, 6) is -0.825. The summed E-state index contributed by atoms with van der Waals surface area (Å²) in [5.41, 5.74) is -1.93. The quantitative estimate of drug-likeness (QED) is 0.378. The molecule has 1 saturated heterocycles.